The predicted molar refractivity (Wildman–Crippen MR) is 69.6 cm³/mol. The second-order valence-corrected chi connectivity index (χ2v) is 4.72. The lowest BCUT2D eigenvalue weighted by Gasteiger charge is -2.05. The average Bonchev–Trinajstić information content (AvgIpc) is 2.30. The van der Waals surface area contributed by atoms with E-state index in [1.54, 1.807) is 0 Å². The first-order valence-corrected chi connectivity index (χ1v) is 6.09. The van der Waals surface area contributed by atoms with Crippen LogP contribution in [0.4, 0.5) is 5.82 Å². The fourth-order valence-corrected chi connectivity index (χ4v) is 2.36. The van der Waals surface area contributed by atoms with E-state index in [2.05, 4.69) is 15.0 Å². The normalized spacial score (nSPS) is 10.4. The average molecular weight is 299 g/mol. The van der Waals surface area contributed by atoms with Crippen LogP contribution < -0.4 is 11.3 Å². The quantitative estimate of drug-likeness (QED) is 0.729. The van der Waals surface area contributed by atoms with Gasteiger partial charge in [0.15, 0.2) is 5.16 Å². The van der Waals surface area contributed by atoms with Gasteiger partial charge in [0, 0.05) is 12.3 Å². The molecule has 0 aromatic carbocycles. The van der Waals surface area contributed by atoms with Crippen LogP contribution in [0.1, 0.15) is 10.4 Å². The number of nitrogen functional groups attached to an aromatic ring is 1. The molecule has 98 valence electrons. The molecule has 7 nitrogen and oxygen atoms in total. The van der Waals surface area contributed by atoms with Crippen LogP contribution >= 0.6 is 23.4 Å². The van der Waals surface area contributed by atoms with Gasteiger partial charge in [-0.25, -0.2) is 14.8 Å². The Labute approximate surface area is 115 Å². The Bertz CT molecular complexity index is 703. The SMILES string of the molecule is Nc1cc(=O)[nH]c(Sc2nccc(C(=O)O)c2Cl)n1. The van der Waals surface area contributed by atoms with Crippen LogP contribution in [0.5, 0.6) is 0 Å². The minimum absolute atomic E-state index is 0.0231. The summed E-state index contributed by atoms with van der Waals surface area (Å²) in [4.78, 5) is 32.4. The molecule has 2 aromatic heterocycles. The van der Waals surface area contributed by atoms with Crippen molar-refractivity contribution in [3.8, 4) is 0 Å². The van der Waals surface area contributed by atoms with Gasteiger partial charge in [0.2, 0.25) is 0 Å². The summed E-state index contributed by atoms with van der Waals surface area (Å²) in [7, 11) is 0. The number of nitrogens with two attached hydrogens (primary N) is 1. The highest BCUT2D eigenvalue weighted by Gasteiger charge is 2.15. The summed E-state index contributed by atoms with van der Waals surface area (Å²) in [6.45, 7) is 0. The van der Waals surface area contributed by atoms with E-state index in [9.17, 15) is 9.59 Å². The summed E-state index contributed by atoms with van der Waals surface area (Å²) in [5.41, 5.74) is 4.94. The Morgan fingerprint density at radius 2 is 2.26 bits per heavy atom. The molecule has 4 N–H and O–H groups in total. The summed E-state index contributed by atoms with van der Waals surface area (Å²) in [6, 6.07) is 2.41. The van der Waals surface area contributed by atoms with E-state index in [1.165, 1.54) is 12.3 Å². The van der Waals surface area contributed by atoms with E-state index in [0.717, 1.165) is 17.8 Å². The molecule has 2 aromatic rings. The predicted octanol–water partition coefficient (Wildman–Crippen LogP) is 1.25. The zero-order chi connectivity index (χ0) is 14.0. The molecule has 0 saturated carbocycles. The number of hydrogen-bond acceptors (Lipinski definition) is 6. The number of nitrogens with one attached hydrogen (secondary N) is 1. The van der Waals surface area contributed by atoms with Crippen molar-refractivity contribution in [2.75, 3.05) is 5.73 Å². The Morgan fingerprint density at radius 3 is 2.89 bits per heavy atom. The molecule has 0 unspecified atom stereocenters. The van der Waals surface area contributed by atoms with Gasteiger partial charge in [-0.3, -0.25) is 4.79 Å². The number of hydrogen-bond donors (Lipinski definition) is 3. The van der Waals surface area contributed by atoms with Gasteiger partial charge in [-0.2, -0.15) is 0 Å². The van der Waals surface area contributed by atoms with Gasteiger partial charge in [-0.05, 0) is 17.8 Å². The standard InChI is InChI=1S/C10H7ClN4O3S/c11-7-4(9(17)18)1-2-13-8(7)19-10-14-5(12)3-6(16)15-10/h1-3H,(H,17,18)(H3,12,14,15,16). The minimum atomic E-state index is -1.16. The van der Waals surface area contributed by atoms with Crippen molar-refractivity contribution < 1.29 is 9.90 Å². The fraction of sp³-hybridized carbons (Fsp3) is 0. The maximum absolute atomic E-state index is 11.2. The maximum atomic E-state index is 11.2. The zero-order valence-corrected chi connectivity index (χ0v) is 10.8. The summed E-state index contributed by atoms with van der Waals surface area (Å²) < 4.78 is 0. The van der Waals surface area contributed by atoms with E-state index in [0.29, 0.717) is 0 Å². The number of aromatic nitrogens is 3. The first-order chi connectivity index (χ1) is 8.97. The third-order valence-corrected chi connectivity index (χ3v) is 3.40. The molecule has 0 radical (unpaired) electrons. The largest absolute Gasteiger partial charge is 0.478 e. The van der Waals surface area contributed by atoms with Crippen LogP contribution in [0, 0.1) is 0 Å². The topological polar surface area (TPSA) is 122 Å². The monoisotopic (exact) mass is 298 g/mol. The second kappa shape index (κ2) is 5.29. The van der Waals surface area contributed by atoms with Crippen LogP contribution in [-0.4, -0.2) is 26.0 Å². The molecule has 0 bridgehead atoms. The minimum Gasteiger partial charge on any atom is -0.478 e. The lowest BCUT2D eigenvalue weighted by molar-refractivity contribution is 0.0696. The van der Waals surface area contributed by atoms with Crippen LogP contribution in [0.15, 0.2) is 33.3 Å². The van der Waals surface area contributed by atoms with E-state index >= 15 is 0 Å². The first kappa shape index (κ1) is 13.4. The van der Waals surface area contributed by atoms with Gasteiger partial charge in [0.05, 0.1) is 10.6 Å². The van der Waals surface area contributed by atoms with Crippen molar-refractivity contribution in [1.29, 1.82) is 0 Å². The highest BCUT2D eigenvalue weighted by atomic mass is 35.5. The van der Waals surface area contributed by atoms with Crippen molar-refractivity contribution >= 4 is 35.1 Å². The van der Waals surface area contributed by atoms with Crippen LogP contribution in [0.25, 0.3) is 0 Å². The van der Waals surface area contributed by atoms with Gasteiger partial charge >= 0.3 is 5.97 Å². The molecular weight excluding hydrogens is 292 g/mol. The van der Waals surface area contributed by atoms with E-state index in [1.807, 2.05) is 0 Å². The Hall–Kier alpha value is -2.06. The molecule has 0 amide bonds. The molecule has 9 heteroatoms. The maximum Gasteiger partial charge on any atom is 0.337 e. The Kier molecular flexibility index (Phi) is 3.72. The number of H-pyrrole nitrogens is 1. The lowest BCUT2D eigenvalue weighted by atomic mass is 10.3. The number of carboxylic acid groups (broad SMARTS) is 1. The van der Waals surface area contributed by atoms with Crippen LogP contribution in [0.2, 0.25) is 5.02 Å². The number of nitrogens with zero attached hydrogens (tertiary/aromatic N) is 2. The highest BCUT2D eigenvalue weighted by Crippen LogP contribution is 2.31. The van der Waals surface area contributed by atoms with Gasteiger partial charge in [-0.1, -0.05) is 11.6 Å². The Balaban J connectivity index is 2.41. The molecule has 0 aliphatic heterocycles. The third kappa shape index (κ3) is 3.04. The highest BCUT2D eigenvalue weighted by molar-refractivity contribution is 7.99. The number of carboxylic acids is 1. The number of pyridine rings is 1. The van der Waals surface area contributed by atoms with Crippen molar-refractivity contribution in [2.45, 2.75) is 10.2 Å². The molecule has 0 aliphatic carbocycles. The van der Waals surface area contributed by atoms with E-state index in [4.69, 9.17) is 22.4 Å². The number of aromatic amines is 1. The van der Waals surface area contributed by atoms with Gasteiger partial charge in [0.25, 0.3) is 5.56 Å². The van der Waals surface area contributed by atoms with Crippen LogP contribution in [-0.2, 0) is 0 Å². The summed E-state index contributed by atoms with van der Waals surface area (Å²) in [5, 5.41) is 9.31. The van der Waals surface area contributed by atoms with Crippen LogP contribution in [0.3, 0.4) is 0 Å². The molecule has 2 rings (SSSR count). The first-order valence-electron chi connectivity index (χ1n) is 4.90. The summed E-state index contributed by atoms with van der Waals surface area (Å²) in [6.07, 6.45) is 1.31. The molecular formula is C10H7ClN4O3S. The van der Waals surface area contributed by atoms with Crippen molar-refractivity contribution in [3.63, 3.8) is 0 Å². The number of aromatic carboxylic acids is 1. The van der Waals surface area contributed by atoms with Crippen molar-refractivity contribution in [2.24, 2.45) is 0 Å². The third-order valence-electron chi connectivity index (χ3n) is 2.02. The molecule has 0 fully saturated rings. The smallest absolute Gasteiger partial charge is 0.337 e. The molecule has 0 atom stereocenters. The number of carbonyl (C=O) groups is 1. The van der Waals surface area contributed by atoms with E-state index < -0.39 is 11.5 Å². The number of rotatable bonds is 3. The second-order valence-electron chi connectivity index (χ2n) is 3.36. The molecule has 0 saturated heterocycles. The van der Waals surface area contributed by atoms with E-state index in [-0.39, 0.29) is 26.6 Å². The number of halogens is 1. The van der Waals surface area contributed by atoms with Crippen molar-refractivity contribution in [1.82, 2.24) is 15.0 Å². The number of anilines is 1. The molecule has 0 aliphatic rings. The fourth-order valence-electron chi connectivity index (χ4n) is 1.25. The Morgan fingerprint density at radius 1 is 1.53 bits per heavy atom. The molecule has 2 heterocycles. The summed E-state index contributed by atoms with van der Waals surface area (Å²) >= 11 is 6.84. The summed E-state index contributed by atoms with van der Waals surface area (Å²) in [5.74, 6) is -1.11. The molecule has 19 heavy (non-hydrogen) atoms. The molecule has 0 spiro atoms. The van der Waals surface area contributed by atoms with Gasteiger partial charge in [-0.15, -0.1) is 0 Å². The van der Waals surface area contributed by atoms with Crippen molar-refractivity contribution in [3.05, 3.63) is 39.3 Å². The van der Waals surface area contributed by atoms with Gasteiger partial charge < -0.3 is 15.8 Å². The lowest BCUT2D eigenvalue weighted by Crippen LogP contribution is -2.09. The zero-order valence-electron chi connectivity index (χ0n) is 9.25. The van der Waals surface area contributed by atoms with Gasteiger partial charge in [0.1, 0.15) is 10.8 Å².